The summed E-state index contributed by atoms with van der Waals surface area (Å²) < 4.78 is 7.56. The third-order valence-electron chi connectivity index (χ3n) is 3.54. The third kappa shape index (κ3) is 3.59. The number of rotatable bonds is 4. The fourth-order valence-corrected chi connectivity index (χ4v) is 2.50. The van der Waals surface area contributed by atoms with Crippen LogP contribution in [-0.4, -0.2) is 44.8 Å². The molecule has 1 aliphatic heterocycles. The molecule has 0 saturated carbocycles. The Kier molecular flexibility index (Phi) is 4.14. The molecule has 110 valence electrons. The number of likely N-dealkylation sites (tertiary alicyclic amines) is 1. The van der Waals surface area contributed by atoms with Crippen LogP contribution in [0.3, 0.4) is 0 Å². The molecule has 2 aromatic heterocycles. The Morgan fingerprint density at radius 2 is 2.19 bits per heavy atom. The summed E-state index contributed by atoms with van der Waals surface area (Å²) in [5, 5.41) is 4.07. The van der Waals surface area contributed by atoms with E-state index in [4.69, 9.17) is 4.74 Å². The average molecular weight is 286 g/mol. The number of carbonyl (C=O) groups excluding carboxylic acids is 1. The van der Waals surface area contributed by atoms with E-state index in [1.54, 1.807) is 29.5 Å². The van der Waals surface area contributed by atoms with E-state index < -0.39 is 0 Å². The zero-order valence-electron chi connectivity index (χ0n) is 11.8. The molecule has 1 aliphatic rings. The van der Waals surface area contributed by atoms with Gasteiger partial charge in [-0.1, -0.05) is 0 Å². The highest BCUT2D eigenvalue weighted by atomic mass is 16.5. The van der Waals surface area contributed by atoms with Crippen molar-refractivity contribution in [1.82, 2.24) is 19.7 Å². The van der Waals surface area contributed by atoms with Crippen molar-refractivity contribution >= 4 is 5.91 Å². The number of amides is 1. The van der Waals surface area contributed by atoms with Crippen molar-refractivity contribution in [3.05, 3.63) is 43.0 Å². The van der Waals surface area contributed by atoms with Crippen molar-refractivity contribution in [2.45, 2.75) is 25.5 Å². The van der Waals surface area contributed by atoms with Crippen molar-refractivity contribution in [2.24, 2.45) is 0 Å². The van der Waals surface area contributed by atoms with Crippen molar-refractivity contribution in [3.63, 3.8) is 0 Å². The molecule has 0 unspecified atom stereocenters. The quantitative estimate of drug-likeness (QED) is 0.851. The topological polar surface area (TPSA) is 60.2 Å². The highest BCUT2D eigenvalue weighted by Gasteiger charge is 2.25. The van der Waals surface area contributed by atoms with Gasteiger partial charge in [0, 0.05) is 31.3 Å². The lowest BCUT2D eigenvalue weighted by Gasteiger charge is -2.32. The van der Waals surface area contributed by atoms with E-state index in [2.05, 4.69) is 10.1 Å². The first-order valence-electron chi connectivity index (χ1n) is 7.13. The van der Waals surface area contributed by atoms with Gasteiger partial charge in [0.15, 0.2) is 0 Å². The van der Waals surface area contributed by atoms with Crippen molar-refractivity contribution in [1.29, 1.82) is 0 Å². The Morgan fingerprint density at radius 1 is 1.33 bits per heavy atom. The van der Waals surface area contributed by atoms with Crippen LogP contribution in [0.4, 0.5) is 0 Å². The van der Waals surface area contributed by atoms with Crippen molar-refractivity contribution in [3.8, 4) is 5.75 Å². The normalized spacial score (nSPS) is 18.5. The molecule has 1 saturated heterocycles. The number of aromatic nitrogens is 3. The molecule has 6 heteroatoms. The highest BCUT2D eigenvalue weighted by Crippen LogP contribution is 2.17. The predicted molar refractivity (Wildman–Crippen MR) is 76.7 cm³/mol. The van der Waals surface area contributed by atoms with Crippen LogP contribution in [0.1, 0.15) is 12.8 Å². The molecule has 0 aliphatic carbocycles. The number of pyridine rings is 1. The summed E-state index contributed by atoms with van der Waals surface area (Å²) in [5.74, 6) is 0.887. The number of hydrogen-bond acceptors (Lipinski definition) is 4. The van der Waals surface area contributed by atoms with Crippen molar-refractivity contribution < 1.29 is 9.53 Å². The summed E-state index contributed by atoms with van der Waals surface area (Å²) in [5.41, 5.74) is 0. The van der Waals surface area contributed by atoms with E-state index in [1.807, 2.05) is 23.1 Å². The predicted octanol–water partition coefficient (Wildman–Crippen LogP) is 1.35. The third-order valence-corrected chi connectivity index (χ3v) is 3.54. The minimum absolute atomic E-state index is 0.0442. The van der Waals surface area contributed by atoms with Gasteiger partial charge in [-0.25, -0.2) is 0 Å². The molecule has 6 nitrogen and oxygen atoms in total. The molecule has 1 fully saturated rings. The van der Waals surface area contributed by atoms with Crippen LogP contribution in [0.2, 0.25) is 0 Å². The summed E-state index contributed by atoms with van der Waals surface area (Å²) >= 11 is 0. The molecule has 0 bridgehead atoms. The van der Waals surface area contributed by atoms with E-state index in [-0.39, 0.29) is 18.6 Å². The number of nitrogens with zero attached hydrogens (tertiary/aromatic N) is 4. The smallest absolute Gasteiger partial charge is 0.244 e. The zero-order chi connectivity index (χ0) is 14.5. The van der Waals surface area contributed by atoms with Crippen LogP contribution < -0.4 is 4.74 Å². The molecule has 1 amide bonds. The first-order valence-corrected chi connectivity index (χ1v) is 7.13. The van der Waals surface area contributed by atoms with Crippen LogP contribution in [0.15, 0.2) is 43.0 Å². The van der Waals surface area contributed by atoms with Gasteiger partial charge >= 0.3 is 0 Å². The summed E-state index contributed by atoms with van der Waals surface area (Å²) in [6.45, 7) is 1.70. The number of piperidine rings is 1. The summed E-state index contributed by atoms with van der Waals surface area (Å²) in [4.78, 5) is 18.1. The molecule has 0 spiro atoms. The first kappa shape index (κ1) is 13.6. The maximum atomic E-state index is 12.3. The molecule has 1 atom stereocenters. The maximum Gasteiger partial charge on any atom is 0.244 e. The second-order valence-electron chi connectivity index (χ2n) is 5.11. The molecule has 3 rings (SSSR count). The van der Waals surface area contributed by atoms with Gasteiger partial charge in [-0.15, -0.1) is 0 Å². The number of hydrogen-bond donors (Lipinski definition) is 0. The van der Waals surface area contributed by atoms with E-state index in [0.717, 1.165) is 25.1 Å². The Labute approximate surface area is 123 Å². The van der Waals surface area contributed by atoms with Gasteiger partial charge in [-0.2, -0.15) is 5.10 Å². The van der Waals surface area contributed by atoms with E-state index in [0.29, 0.717) is 6.54 Å². The monoisotopic (exact) mass is 286 g/mol. The van der Waals surface area contributed by atoms with Gasteiger partial charge in [-0.3, -0.25) is 14.5 Å². The summed E-state index contributed by atoms with van der Waals surface area (Å²) in [7, 11) is 0. The summed E-state index contributed by atoms with van der Waals surface area (Å²) in [6.07, 6.45) is 8.86. The van der Waals surface area contributed by atoms with Gasteiger partial charge in [0.2, 0.25) is 5.91 Å². The molecule has 0 aromatic carbocycles. The van der Waals surface area contributed by atoms with Gasteiger partial charge in [0.25, 0.3) is 0 Å². The van der Waals surface area contributed by atoms with E-state index >= 15 is 0 Å². The molecular formula is C15H18N4O2. The van der Waals surface area contributed by atoms with Crippen LogP contribution in [0.5, 0.6) is 5.75 Å². The van der Waals surface area contributed by atoms with E-state index in [1.165, 1.54) is 0 Å². The van der Waals surface area contributed by atoms with Crippen molar-refractivity contribution in [2.75, 3.05) is 13.1 Å². The molecular weight excluding hydrogens is 268 g/mol. The van der Waals surface area contributed by atoms with Crippen LogP contribution >= 0.6 is 0 Å². The average Bonchev–Trinajstić information content (AvgIpc) is 3.01. The van der Waals surface area contributed by atoms with Gasteiger partial charge in [0.1, 0.15) is 18.4 Å². The van der Waals surface area contributed by atoms with Gasteiger partial charge in [-0.05, 0) is 31.0 Å². The second kappa shape index (κ2) is 6.39. The zero-order valence-corrected chi connectivity index (χ0v) is 11.8. The Hall–Kier alpha value is -2.37. The van der Waals surface area contributed by atoms with E-state index in [9.17, 15) is 4.79 Å². The lowest BCUT2D eigenvalue weighted by atomic mass is 10.1. The molecule has 3 heterocycles. The van der Waals surface area contributed by atoms with Gasteiger partial charge in [0.05, 0.1) is 6.54 Å². The lowest BCUT2D eigenvalue weighted by Crippen LogP contribution is -2.45. The second-order valence-corrected chi connectivity index (χ2v) is 5.11. The van der Waals surface area contributed by atoms with Crippen LogP contribution in [0, 0.1) is 0 Å². The lowest BCUT2D eigenvalue weighted by molar-refractivity contribution is -0.134. The molecule has 0 radical (unpaired) electrons. The number of ether oxygens (including phenoxy) is 1. The fraction of sp³-hybridized carbons (Fsp3) is 0.400. The number of carbonyl (C=O) groups is 1. The molecule has 0 N–H and O–H groups in total. The first-order chi connectivity index (χ1) is 10.3. The standard InChI is InChI=1S/C15H18N4O2/c20-15(12-19-10-2-6-17-19)18-9-1-3-14(11-18)21-13-4-7-16-8-5-13/h2,4-8,10,14H,1,3,9,11-12H2/t14-/m0/s1. The van der Waals surface area contributed by atoms with Crippen LogP contribution in [-0.2, 0) is 11.3 Å². The summed E-state index contributed by atoms with van der Waals surface area (Å²) in [6, 6.07) is 5.49. The maximum absolute atomic E-state index is 12.3. The minimum atomic E-state index is 0.0442. The van der Waals surface area contributed by atoms with Gasteiger partial charge < -0.3 is 9.64 Å². The Bertz CT molecular complexity index is 571. The molecule has 2 aromatic rings. The highest BCUT2D eigenvalue weighted by molar-refractivity contribution is 5.76. The Balaban J connectivity index is 1.56. The SMILES string of the molecule is O=C(Cn1cccn1)N1CCC[C@H](Oc2ccncc2)C1. The minimum Gasteiger partial charge on any atom is -0.488 e. The Morgan fingerprint density at radius 3 is 2.95 bits per heavy atom. The molecule has 21 heavy (non-hydrogen) atoms. The van der Waals surface area contributed by atoms with Crippen LogP contribution in [0.25, 0.3) is 0 Å². The fourth-order valence-electron chi connectivity index (χ4n) is 2.50. The largest absolute Gasteiger partial charge is 0.488 e.